The number of amides is 1. The minimum atomic E-state index is -0.970. The van der Waals surface area contributed by atoms with Crippen molar-refractivity contribution in [2.45, 2.75) is 83.5 Å². The van der Waals surface area contributed by atoms with Crippen LogP contribution in [0.3, 0.4) is 0 Å². The standard InChI is InChI=1S/C41H48F3N7O4S/c1-22(2)14-30(53)49-11-4-6-24(17-49)18-50-13-9-26(20-52)55-36-23(3)31(27-7-8-29(43)37-32(27)28(16-45)38(46)56-37)34(44)35-33(36)39(50)48-40(47-35)54-21-41-10-5-12-51(41)19-25(42)15-41/h7-8,22,24-26,52H,4-6,9-15,17-21,46H2,1-3H3/t24?,25-,26?,41?/m1/s1. The first-order valence-electron chi connectivity index (χ1n) is 19.7. The minimum absolute atomic E-state index is 0.0466. The zero-order valence-corrected chi connectivity index (χ0v) is 32.9. The third-order valence-electron chi connectivity index (χ3n) is 12.1. The number of alkyl halides is 1. The number of nitrogens with two attached hydrogens (primary N) is 1. The number of halogens is 3. The van der Waals surface area contributed by atoms with Crippen LogP contribution in [0.1, 0.15) is 69.9 Å². The van der Waals surface area contributed by atoms with Gasteiger partial charge in [-0.05, 0) is 62.6 Å². The van der Waals surface area contributed by atoms with E-state index in [0.29, 0.717) is 68.8 Å². The summed E-state index contributed by atoms with van der Waals surface area (Å²) in [5, 5.41) is 21.2. The van der Waals surface area contributed by atoms with Crippen molar-refractivity contribution in [1.82, 2.24) is 19.8 Å². The van der Waals surface area contributed by atoms with Crippen molar-refractivity contribution in [2.24, 2.45) is 11.8 Å². The zero-order valence-electron chi connectivity index (χ0n) is 32.0. The van der Waals surface area contributed by atoms with Gasteiger partial charge in [-0.15, -0.1) is 11.3 Å². The lowest BCUT2D eigenvalue weighted by molar-refractivity contribution is -0.133. The molecule has 15 heteroatoms. The number of rotatable bonds is 9. The predicted octanol–water partition coefficient (Wildman–Crippen LogP) is 6.74. The quantitative estimate of drug-likeness (QED) is 0.187. The van der Waals surface area contributed by atoms with Crippen LogP contribution in [0.5, 0.6) is 11.8 Å². The summed E-state index contributed by atoms with van der Waals surface area (Å²) >= 11 is 0.923. The van der Waals surface area contributed by atoms with Crippen LogP contribution in [-0.4, -0.2) is 101 Å². The Morgan fingerprint density at radius 2 is 2.00 bits per heavy atom. The van der Waals surface area contributed by atoms with Crippen molar-refractivity contribution in [3.8, 4) is 29.0 Å². The normalized spacial score (nSPS) is 24.0. The van der Waals surface area contributed by atoms with Crippen LogP contribution in [0.15, 0.2) is 12.1 Å². The molecule has 8 rings (SSSR count). The number of aromatic nitrogens is 2. The summed E-state index contributed by atoms with van der Waals surface area (Å²) in [4.78, 5) is 29.0. The van der Waals surface area contributed by atoms with Gasteiger partial charge in [-0.25, -0.2) is 13.2 Å². The Morgan fingerprint density at radius 3 is 2.77 bits per heavy atom. The maximum atomic E-state index is 17.7. The van der Waals surface area contributed by atoms with E-state index in [1.54, 1.807) is 6.92 Å². The molecule has 3 fully saturated rings. The van der Waals surface area contributed by atoms with Crippen molar-refractivity contribution < 1.29 is 32.5 Å². The molecule has 0 aliphatic carbocycles. The first-order valence-corrected chi connectivity index (χ1v) is 20.5. The Balaban J connectivity index is 1.30. The molecule has 56 heavy (non-hydrogen) atoms. The largest absolute Gasteiger partial charge is 0.487 e. The highest BCUT2D eigenvalue weighted by Gasteiger charge is 2.49. The molecule has 4 atom stereocenters. The van der Waals surface area contributed by atoms with Crippen LogP contribution in [0, 0.1) is 41.7 Å². The number of benzene rings is 2. The number of nitrogens with zero attached hydrogens (tertiary/aromatic N) is 6. The van der Waals surface area contributed by atoms with E-state index in [1.807, 2.05) is 18.7 Å². The van der Waals surface area contributed by atoms with Crippen molar-refractivity contribution in [1.29, 1.82) is 5.26 Å². The van der Waals surface area contributed by atoms with Gasteiger partial charge in [0.15, 0.2) is 5.82 Å². The van der Waals surface area contributed by atoms with Crippen molar-refractivity contribution in [3.05, 3.63) is 34.9 Å². The van der Waals surface area contributed by atoms with Gasteiger partial charge in [-0.1, -0.05) is 19.9 Å². The topological polar surface area (TPSA) is 141 Å². The van der Waals surface area contributed by atoms with E-state index in [0.717, 1.165) is 43.6 Å². The number of hydrogen-bond acceptors (Lipinski definition) is 11. The Morgan fingerprint density at radius 1 is 1.18 bits per heavy atom. The molecule has 6 heterocycles. The number of aliphatic hydroxyl groups excluding tert-OH is 1. The van der Waals surface area contributed by atoms with Gasteiger partial charge in [0.05, 0.1) is 27.8 Å². The summed E-state index contributed by atoms with van der Waals surface area (Å²) in [5.74, 6) is -0.213. The third-order valence-corrected chi connectivity index (χ3v) is 13.1. The summed E-state index contributed by atoms with van der Waals surface area (Å²) in [5.41, 5.74) is 6.28. The molecule has 2 aromatic carbocycles. The van der Waals surface area contributed by atoms with Gasteiger partial charge in [0.2, 0.25) is 5.91 Å². The zero-order chi connectivity index (χ0) is 39.5. The summed E-state index contributed by atoms with van der Waals surface area (Å²) in [7, 11) is 0. The van der Waals surface area contributed by atoms with E-state index >= 15 is 8.78 Å². The van der Waals surface area contributed by atoms with Gasteiger partial charge in [0, 0.05) is 68.5 Å². The van der Waals surface area contributed by atoms with Gasteiger partial charge in [-0.2, -0.15) is 15.2 Å². The molecule has 4 aliphatic heterocycles. The highest BCUT2D eigenvalue weighted by Crippen LogP contribution is 2.49. The SMILES string of the molecule is Cc1c(-c2ccc(F)c3sc(N)c(C#N)c23)c(F)c2nc(OCC34CCCN3C[C@H](F)C4)nc3c2c1OC(CO)CCN3CC1CCCN(C(=O)CC(C)C)C1. The average Bonchev–Trinajstić information content (AvgIpc) is 3.82. The number of nitriles is 1. The second-order valence-electron chi connectivity index (χ2n) is 16.4. The fourth-order valence-corrected chi connectivity index (χ4v) is 10.4. The summed E-state index contributed by atoms with van der Waals surface area (Å²) in [6.45, 7) is 8.88. The average molecular weight is 792 g/mol. The summed E-state index contributed by atoms with van der Waals surface area (Å²) in [6.07, 6.45) is 2.99. The third kappa shape index (κ3) is 6.77. The molecular weight excluding hydrogens is 744 g/mol. The van der Waals surface area contributed by atoms with Gasteiger partial charge in [0.1, 0.15) is 52.9 Å². The van der Waals surface area contributed by atoms with E-state index in [9.17, 15) is 19.6 Å². The van der Waals surface area contributed by atoms with Gasteiger partial charge >= 0.3 is 6.01 Å². The Bertz CT molecular complexity index is 2230. The van der Waals surface area contributed by atoms with Crippen LogP contribution in [-0.2, 0) is 4.79 Å². The lowest BCUT2D eigenvalue weighted by Gasteiger charge is -2.38. The van der Waals surface area contributed by atoms with Crippen LogP contribution < -0.4 is 20.1 Å². The number of fused-ring (bicyclic) bond motifs is 2. The smallest absolute Gasteiger partial charge is 0.319 e. The van der Waals surface area contributed by atoms with Crippen molar-refractivity contribution in [3.63, 3.8) is 0 Å². The summed E-state index contributed by atoms with van der Waals surface area (Å²) in [6, 6.07) is 4.67. The first-order chi connectivity index (χ1) is 26.9. The minimum Gasteiger partial charge on any atom is -0.487 e. The van der Waals surface area contributed by atoms with E-state index in [-0.39, 0.29) is 80.0 Å². The molecule has 0 bridgehead atoms. The van der Waals surface area contributed by atoms with Gasteiger partial charge < -0.3 is 30.1 Å². The molecule has 0 radical (unpaired) electrons. The molecule has 3 unspecified atom stereocenters. The Kier molecular flexibility index (Phi) is 10.4. The number of piperidine rings is 1. The van der Waals surface area contributed by atoms with Crippen LogP contribution >= 0.6 is 11.3 Å². The second-order valence-corrected chi connectivity index (χ2v) is 17.5. The molecule has 0 spiro atoms. The highest BCUT2D eigenvalue weighted by molar-refractivity contribution is 7.23. The number of carbonyl (C=O) groups is 1. The molecule has 11 nitrogen and oxygen atoms in total. The molecule has 1 amide bonds. The van der Waals surface area contributed by atoms with Crippen LogP contribution in [0.2, 0.25) is 0 Å². The second kappa shape index (κ2) is 15.2. The number of hydrogen-bond donors (Lipinski definition) is 2. The number of likely N-dealkylation sites (tertiary alicyclic amines) is 1. The molecule has 3 N–H and O–H groups in total. The molecule has 2 aromatic heterocycles. The lowest BCUT2D eigenvalue weighted by atomic mass is 9.92. The molecular formula is C41H48F3N7O4S. The molecule has 298 valence electrons. The van der Waals surface area contributed by atoms with Crippen LogP contribution in [0.25, 0.3) is 32.1 Å². The molecule has 4 aromatic rings. The Hall–Kier alpha value is -4.39. The maximum Gasteiger partial charge on any atom is 0.319 e. The number of thiophene rings is 1. The van der Waals surface area contributed by atoms with Crippen LogP contribution in [0.4, 0.5) is 24.0 Å². The number of anilines is 2. The fourth-order valence-electron chi connectivity index (χ4n) is 9.47. The van der Waals surface area contributed by atoms with E-state index in [4.69, 9.17) is 25.2 Å². The lowest BCUT2D eigenvalue weighted by Crippen LogP contribution is -2.45. The van der Waals surface area contributed by atoms with Gasteiger partial charge in [0.25, 0.3) is 0 Å². The monoisotopic (exact) mass is 791 g/mol. The molecule has 3 saturated heterocycles. The van der Waals surface area contributed by atoms with Crippen molar-refractivity contribution in [2.75, 3.05) is 63.1 Å². The number of aliphatic hydroxyl groups is 1. The number of ether oxygens (including phenoxy) is 2. The van der Waals surface area contributed by atoms with Gasteiger partial charge in [-0.3, -0.25) is 9.69 Å². The van der Waals surface area contributed by atoms with E-state index < -0.39 is 29.4 Å². The maximum absolute atomic E-state index is 17.7. The fraction of sp³-hybridized carbons (Fsp3) is 0.561. The first kappa shape index (κ1) is 38.5. The van der Waals surface area contributed by atoms with E-state index in [1.165, 1.54) is 12.1 Å². The van der Waals surface area contributed by atoms with Crippen molar-refractivity contribution >= 4 is 49.1 Å². The number of nitrogen functional groups attached to an aromatic ring is 1. The number of carbonyl (C=O) groups excluding carboxylic acids is 1. The molecule has 0 saturated carbocycles. The highest BCUT2D eigenvalue weighted by atomic mass is 32.1. The molecule has 4 aliphatic rings. The predicted molar refractivity (Wildman–Crippen MR) is 210 cm³/mol. The Labute approximate surface area is 328 Å². The van der Waals surface area contributed by atoms with E-state index in [2.05, 4.69) is 15.9 Å². The summed E-state index contributed by atoms with van der Waals surface area (Å²) < 4.78 is 60.7.